The van der Waals surface area contributed by atoms with Gasteiger partial charge in [0.25, 0.3) is 0 Å². The molecule has 0 saturated carbocycles. The fraction of sp³-hybridized carbons (Fsp3) is 0.818. The zero-order chi connectivity index (χ0) is 33.0. The third kappa shape index (κ3) is 21.7. The number of benzene rings is 1. The van der Waals surface area contributed by atoms with Gasteiger partial charge in [0.15, 0.2) is 0 Å². The highest BCUT2D eigenvalue weighted by Crippen LogP contribution is 2.38. The van der Waals surface area contributed by atoms with Crippen LogP contribution in [0, 0.1) is 0 Å². The smallest absolute Gasteiger partial charge is 0.359 e. The summed E-state index contributed by atoms with van der Waals surface area (Å²) in [6.45, 7) is 8.50. The van der Waals surface area contributed by atoms with Crippen LogP contribution in [-0.4, -0.2) is 122 Å². The summed E-state index contributed by atoms with van der Waals surface area (Å²) in [5.41, 5.74) is 0.892. The van der Waals surface area contributed by atoms with E-state index in [1.54, 1.807) is 12.1 Å². The highest BCUT2D eigenvalue weighted by Gasteiger charge is 2.24. The molecule has 12 nitrogen and oxygen atoms in total. The van der Waals surface area contributed by atoms with Crippen LogP contribution in [0.15, 0.2) is 18.2 Å². The zero-order valence-corrected chi connectivity index (χ0v) is 28.8. The van der Waals surface area contributed by atoms with E-state index in [-0.39, 0.29) is 30.9 Å². The van der Waals surface area contributed by atoms with Gasteiger partial charge in [0.2, 0.25) is 0 Å². The number of hydrogen-bond donors (Lipinski definition) is 2. The third-order valence-electron chi connectivity index (χ3n) is 7.20. The molecule has 2 N–H and O–H groups in total. The summed E-state index contributed by atoms with van der Waals surface area (Å²) in [7, 11) is -4.56. The predicted molar refractivity (Wildman–Crippen MR) is 175 cm³/mol. The molecule has 1 fully saturated rings. The average Bonchev–Trinajstić information content (AvgIpc) is 3.04. The minimum Gasteiger partial charge on any atom is -0.490 e. The number of unbranched alkanes of at least 4 members (excludes halogenated alkanes) is 7. The predicted octanol–water partition coefficient (Wildman–Crippen LogP) is 4.07. The van der Waals surface area contributed by atoms with E-state index in [0.29, 0.717) is 85.9 Å². The van der Waals surface area contributed by atoms with Crippen LogP contribution < -0.4 is 10.0 Å². The first-order chi connectivity index (χ1) is 22.5. The van der Waals surface area contributed by atoms with Crippen molar-refractivity contribution in [2.24, 2.45) is 0 Å². The van der Waals surface area contributed by atoms with Crippen LogP contribution >= 0.6 is 7.60 Å². The molecule has 0 amide bonds. The van der Waals surface area contributed by atoms with Crippen molar-refractivity contribution < 1.29 is 57.0 Å². The first-order valence-electron chi connectivity index (χ1n) is 17.0. The molecule has 1 heterocycles. The van der Waals surface area contributed by atoms with E-state index in [1.807, 2.05) is 6.07 Å². The Kier molecular flexibility index (Phi) is 24.8. The Morgan fingerprint density at radius 3 is 1.61 bits per heavy atom. The van der Waals surface area contributed by atoms with Gasteiger partial charge in [-0.2, -0.15) is 0 Å². The van der Waals surface area contributed by atoms with Gasteiger partial charge in [-0.3, -0.25) is 4.57 Å². The Bertz CT molecular complexity index is 875. The molecule has 1 saturated heterocycles. The van der Waals surface area contributed by atoms with Crippen molar-refractivity contribution in [3.63, 3.8) is 0 Å². The lowest BCUT2D eigenvalue weighted by molar-refractivity contribution is -0.0690. The first-order valence-corrected chi connectivity index (χ1v) is 18.6. The van der Waals surface area contributed by atoms with E-state index in [2.05, 4.69) is 6.92 Å². The Morgan fingerprint density at radius 1 is 0.652 bits per heavy atom. The zero-order valence-electron chi connectivity index (χ0n) is 27.9. The molecule has 1 aromatic rings. The van der Waals surface area contributed by atoms with Gasteiger partial charge in [0.1, 0.15) is 23.8 Å². The number of rotatable bonds is 13. The maximum absolute atomic E-state index is 12.4. The lowest BCUT2D eigenvalue weighted by Gasteiger charge is -2.21. The number of aryl methyl sites for hydroxylation is 1. The van der Waals surface area contributed by atoms with E-state index in [0.717, 1.165) is 24.8 Å². The molecular weight excluding hydrogens is 619 g/mol. The maximum atomic E-state index is 12.4. The minimum absolute atomic E-state index is 0.0459. The summed E-state index contributed by atoms with van der Waals surface area (Å²) >= 11 is 0. The molecule has 268 valence electrons. The lowest BCUT2D eigenvalue weighted by Crippen LogP contribution is -2.30. The van der Waals surface area contributed by atoms with Gasteiger partial charge in [0.05, 0.1) is 99.1 Å². The maximum Gasteiger partial charge on any atom is 0.359 e. The van der Waals surface area contributed by atoms with Gasteiger partial charge in [-0.25, -0.2) is 0 Å². The van der Waals surface area contributed by atoms with Crippen LogP contribution in [0.4, 0.5) is 0 Å². The summed E-state index contributed by atoms with van der Waals surface area (Å²) in [5.74, 6) is 0.146. The van der Waals surface area contributed by atoms with Crippen molar-refractivity contribution in [3.8, 4) is 5.75 Å². The van der Waals surface area contributed by atoms with Gasteiger partial charge in [-0.1, -0.05) is 57.9 Å². The second-order valence-corrected chi connectivity index (χ2v) is 12.7. The molecule has 0 aromatic heterocycles. The van der Waals surface area contributed by atoms with Crippen LogP contribution in [0.2, 0.25) is 0 Å². The van der Waals surface area contributed by atoms with Crippen molar-refractivity contribution in [1.29, 1.82) is 0 Å². The summed E-state index contributed by atoms with van der Waals surface area (Å²) in [4.78, 5) is 20.2. The molecule has 0 bridgehead atoms. The van der Waals surface area contributed by atoms with Crippen molar-refractivity contribution in [3.05, 3.63) is 23.8 Å². The van der Waals surface area contributed by atoms with E-state index in [1.165, 1.54) is 38.5 Å². The van der Waals surface area contributed by atoms with Crippen LogP contribution in [0.3, 0.4) is 0 Å². The van der Waals surface area contributed by atoms with Crippen LogP contribution in [0.1, 0.15) is 63.9 Å². The number of hydrogen-bond acceptors (Lipinski definition) is 10. The molecule has 0 spiro atoms. The topological polar surface area (TPSA) is 141 Å². The van der Waals surface area contributed by atoms with Gasteiger partial charge in [-0.15, -0.1) is 0 Å². The quantitative estimate of drug-likeness (QED) is 0.230. The van der Waals surface area contributed by atoms with Crippen molar-refractivity contribution in [1.82, 2.24) is 0 Å². The van der Waals surface area contributed by atoms with Crippen molar-refractivity contribution >= 4 is 12.9 Å². The summed E-state index contributed by atoms with van der Waals surface area (Å²) in [6, 6.07) is 5.10. The Hall–Kier alpha value is -1.15. The highest BCUT2D eigenvalue weighted by atomic mass is 31.2. The van der Waals surface area contributed by atoms with Crippen LogP contribution in [0.25, 0.3) is 0 Å². The van der Waals surface area contributed by atoms with Gasteiger partial charge in [-0.05, 0) is 30.5 Å². The molecular formula is C33H59O12P. The fourth-order valence-corrected chi connectivity index (χ4v) is 5.43. The van der Waals surface area contributed by atoms with Gasteiger partial charge >= 0.3 is 7.60 Å². The molecule has 1 aromatic carbocycles. The van der Waals surface area contributed by atoms with E-state index in [4.69, 9.17) is 42.6 Å². The Morgan fingerprint density at radius 2 is 1.11 bits per heavy atom. The molecule has 1 aliphatic rings. The van der Waals surface area contributed by atoms with E-state index in [9.17, 15) is 14.4 Å². The molecule has 1 aliphatic heterocycles. The summed E-state index contributed by atoms with van der Waals surface area (Å²) in [6.07, 6.45) is 9.89. The standard InChI is InChI=1S/C33H59O12P/c1-2-3-4-5-6-7-8-9-10-30-11-12-32(33(27-30)46(34,35)36)45-29-31-28-43-24-23-41-20-19-39-16-15-37-13-14-38-17-18-40-21-22-42-25-26-44-31/h11-12,27,31H,2-10,13-26,28-29H2,1H3,(H2,34,35,36). The summed E-state index contributed by atoms with van der Waals surface area (Å²) in [5, 5.41) is -0.105. The normalized spacial score (nSPS) is 20.1. The van der Waals surface area contributed by atoms with Gasteiger partial charge < -0.3 is 52.4 Å². The van der Waals surface area contributed by atoms with Crippen LogP contribution in [-0.2, 0) is 48.9 Å². The monoisotopic (exact) mass is 678 g/mol. The van der Waals surface area contributed by atoms with E-state index < -0.39 is 13.7 Å². The molecule has 0 radical (unpaired) electrons. The minimum atomic E-state index is -4.56. The molecule has 46 heavy (non-hydrogen) atoms. The van der Waals surface area contributed by atoms with Crippen molar-refractivity contribution in [2.45, 2.75) is 70.8 Å². The highest BCUT2D eigenvalue weighted by molar-refractivity contribution is 7.60. The molecule has 1 unspecified atom stereocenters. The Balaban J connectivity index is 1.85. The van der Waals surface area contributed by atoms with Gasteiger partial charge in [0, 0.05) is 0 Å². The molecule has 0 aliphatic carbocycles. The fourth-order valence-electron chi connectivity index (χ4n) is 4.67. The SMILES string of the molecule is CCCCCCCCCCc1ccc(OCC2COCCOCCOCCOCCOCCOCCOCCO2)c(P(=O)(O)O)c1. The molecule has 2 rings (SSSR count). The van der Waals surface area contributed by atoms with E-state index >= 15 is 0 Å². The second kappa shape index (κ2) is 27.8. The Labute approximate surface area is 275 Å². The first kappa shape index (κ1) is 41.0. The molecule has 1 atom stereocenters. The lowest BCUT2D eigenvalue weighted by atomic mass is 10.0. The third-order valence-corrected chi connectivity index (χ3v) is 8.18. The van der Waals surface area contributed by atoms with Crippen molar-refractivity contribution in [2.75, 3.05) is 106 Å². The molecule has 13 heteroatoms. The van der Waals surface area contributed by atoms with Crippen LogP contribution in [0.5, 0.6) is 5.75 Å². The number of ether oxygens (including phenoxy) is 9. The largest absolute Gasteiger partial charge is 0.490 e. The second-order valence-electron chi connectivity index (χ2n) is 11.1. The summed E-state index contributed by atoms with van der Waals surface area (Å²) < 4.78 is 63.1. The average molecular weight is 679 g/mol.